The largest absolute Gasteiger partial charge is 0.464 e. The Balaban J connectivity index is 2.13. The van der Waals surface area contributed by atoms with Crippen LogP contribution in [0.2, 0.25) is 0 Å². The summed E-state index contributed by atoms with van der Waals surface area (Å²) in [6.07, 6.45) is 4.46. The molecule has 2 aliphatic rings. The second kappa shape index (κ2) is 3.54. The van der Waals surface area contributed by atoms with Crippen LogP contribution < -0.4 is 0 Å². The quantitative estimate of drug-likeness (QED) is 0.631. The summed E-state index contributed by atoms with van der Waals surface area (Å²) in [5.74, 6) is 0.700. The van der Waals surface area contributed by atoms with Crippen LogP contribution in [0.5, 0.6) is 0 Å². The zero-order valence-electron chi connectivity index (χ0n) is 8.91. The lowest BCUT2D eigenvalue weighted by molar-refractivity contribution is -0.175. The number of methoxy groups -OCH3 is 1. The number of ether oxygens (including phenoxy) is 2. The summed E-state index contributed by atoms with van der Waals surface area (Å²) in [4.78, 5) is 11.9. The Bertz CT molecular complexity index is 217. The van der Waals surface area contributed by atoms with Crippen molar-refractivity contribution in [3.8, 4) is 0 Å². The van der Waals surface area contributed by atoms with Gasteiger partial charge in [0.25, 0.3) is 0 Å². The molecule has 2 saturated carbocycles. The highest BCUT2D eigenvalue weighted by molar-refractivity contribution is 5.81. The van der Waals surface area contributed by atoms with Crippen molar-refractivity contribution in [1.82, 2.24) is 0 Å². The molecule has 80 valence electrons. The smallest absolute Gasteiger partial charge is 0.338 e. The lowest BCUT2D eigenvalue weighted by Gasteiger charge is -2.30. The SMILES string of the molecule is CCOC(=O)C(OC)(C1CC1)C1CC1. The van der Waals surface area contributed by atoms with E-state index < -0.39 is 5.60 Å². The summed E-state index contributed by atoms with van der Waals surface area (Å²) >= 11 is 0. The van der Waals surface area contributed by atoms with Crippen molar-refractivity contribution in [2.24, 2.45) is 11.8 Å². The number of hydrogen-bond acceptors (Lipinski definition) is 3. The maximum Gasteiger partial charge on any atom is 0.338 e. The third-order valence-corrected chi connectivity index (χ3v) is 3.30. The van der Waals surface area contributed by atoms with Gasteiger partial charge in [-0.1, -0.05) is 0 Å². The molecule has 0 bridgehead atoms. The maximum absolute atomic E-state index is 11.9. The van der Waals surface area contributed by atoms with E-state index in [9.17, 15) is 4.79 Å². The molecule has 0 atom stereocenters. The lowest BCUT2D eigenvalue weighted by atomic mass is 9.91. The molecule has 0 heterocycles. The second-order valence-electron chi connectivity index (χ2n) is 4.27. The molecule has 14 heavy (non-hydrogen) atoms. The normalized spacial score (nSPS) is 22.1. The van der Waals surface area contributed by atoms with E-state index in [1.165, 1.54) is 0 Å². The van der Waals surface area contributed by atoms with Crippen LogP contribution >= 0.6 is 0 Å². The molecule has 0 aromatic rings. The van der Waals surface area contributed by atoms with Gasteiger partial charge in [0.05, 0.1) is 6.61 Å². The Kier molecular flexibility index (Phi) is 2.52. The van der Waals surface area contributed by atoms with Gasteiger partial charge in [-0.15, -0.1) is 0 Å². The minimum absolute atomic E-state index is 0.132. The minimum atomic E-state index is -0.587. The first-order valence-electron chi connectivity index (χ1n) is 5.48. The first-order chi connectivity index (χ1) is 6.75. The topological polar surface area (TPSA) is 35.5 Å². The Morgan fingerprint density at radius 2 is 1.79 bits per heavy atom. The zero-order chi connectivity index (χ0) is 10.2. The van der Waals surface area contributed by atoms with Crippen molar-refractivity contribution in [3.63, 3.8) is 0 Å². The van der Waals surface area contributed by atoms with Gasteiger partial charge in [0.15, 0.2) is 5.60 Å². The highest BCUT2D eigenvalue weighted by Crippen LogP contribution is 2.54. The third-order valence-electron chi connectivity index (χ3n) is 3.30. The van der Waals surface area contributed by atoms with Gasteiger partial charge in [-0.05, 0) is 44.4 Å². The zero-order valence-corrected chi connectivity index (χ0v) is 8.91. The van der Waals surface area contributed by atoms with Gasteiger partial charge in [0.2, 0.25) is 0 Å². The molecule has 0 spiro atoms. The summed E-state index contributed by atoms with van der Waals surface area (Å²) in [5.41, 5.74) is -0.587. The molecule has 3 heteroatoms. The van der Waals surface area contributed by atoms with Gasteiger partial charge in [0.1, 0.15) is 0 Å². The Morgan fingerprint density at radius 3 is 2.07 bits per heavy atom. The molecule has 0 radical (unpaired) electrons. The van der Waals surface area contributed by atoms with Gasteiger partial charge in [-0.2, -0.15) is 0 Å². The van der Waals surface area contributed by atoms with E-state index in [1.54, 1.807) is 7.11 Å². The highest BCUT2D eigenvalue weighted by atomic mass is 16.6. The van der Waals surface area contributed by atoms with Crippen LogP contribution in [0.4, 0.5) is 0 Å². The monoisotopic (exact) mass is 198 g/mol. The third kappa shape index (κ3) is 1.44. The van der Waals surface area contributed by atoms with E-state index in [4.69, 9.17) is 9.47 Å². The lowest BCUT2D eigenvalue weighted by Crippen LogP contribution is -2.46. The molecule has 0 saturated heterocycles. The standard InChI is InChI=1S/C11H18O3/c1-3-14-10(12)11(13-2,8-4-5-8)9-6-7-9/h8-9H,3-7H2,1-2H3. The molecule has 2 aliphatic carbocycles. The van der Waals surface area contributed by atoms with E-state index in [2.05, 4.69) is 0 Å². The Hall–Kier alpha value is -0.570. The predicted molar refractivity (Wildman–Crippen MR) is 51.8 cm³/mol. The van der Waals surface area contributed by atoms with E-state index in [1.807, 2.05) is 6.92 Å². The maximum atomic E-state index is 11.9. The van der Waals surface area contributed by atoms with Crippen LogP contribution in [0.15, 0.2) is 0 Å². The second-order valence-corrected chi connectivity index (χ2v) is 4.27. The van der Waals surface area contributed by atoms with Gasteiger partial charge in [-0.3, -0.25) is 0 Å². The van der Waals surface area contributed by atoms with E-state index >= 15 is 0 Å². The van der Waals surface area contributed by atoms with E-state index in [-0.39, 0.29) is 5.97 Å². The highest BCUT2D eigenvalue weighted by Gasteiger charge is 2.60. The minimum Gasteiger partial charge on any atom is -0.464 e. The summed E-state index contributed by atoms with van der Waals surface area (Å²) in [7, 11) is 1.65. The molecule has 0 amide bonds. The van der Waals surface area contributed by atoms with Crippen LogP contribution in [0.1, 0.15) is 32.6 Å². The van der Waals surface area contributed by atoms with E-state index in [0.29, 0.717) is 18.4 Å². The molecule has 2 rings (SSSR count). The summed E-state index contributed by atoms with van der Waals surface area (Å²) < 4.78 is 10.7. The number of rotatable bonds is 5. The van der Waals surface area contributed by atoms with Crippen LogP contribution in [-0.4, -0.2) is 25.3 Å². The number of carbonyl (C=O) groups excluding carboxylic acids is 1. The molecule has 0 aliphatic heterocycles. The van der Waals surface area contributed by atoms with Crippen LogP contribution in [0.3, 0.4) is 0 Å². The fraction of sp³-hybridized carbons (Fsp3) is 0.909. The average Bonchev–Trinajstić information content (AvgIpc) is 3.02. The van der Waals surface area contributed by atoms with Crippen LogP contribution in [-0.2, 0) is 14.3 Å². The van der Waals surface area contributed by atoms with E-state index in [0.717, 1.165) is 25.7 Å². The van der Waals surface area contributed by atoms with Crippen LogP contribution in [0, 0.1) is 11.8 Å². The van der Waals surface area contributed by atoms with Gasteiger partial charge < -0.3 is 9.47 Å². The first kappa shape index (κ1) is 9.97. The molecular weight excluding hydrogens is 180 g/mol. The predicted octanol–water partition coefficient (Wildman–Crippen LogP) is 1.75. The first-order valence-corrected chi connectivity index (χ1v) is 5.48. The average molecular weight is 198 g/mol. The molecule has 0 aromatic heterocycles. The number of carbonyl (C=O) groups is 1. The molecule has 2 fully saturated rings. The van der Waals surface area contributed by atoms with Gasteiger partial charge >= 0.3 is 5.97 Å². The molecule has 0 N–H and O–H groups in total. The summed E-state index contributed by atoms with van der Waals surface area (Å²) in [6.45, 7) is 2.29. The van der Waals surface area contributed by atoms with Crippen molar-refractivity contribution in [1.29, 1.82) is 0 Å². The molecule has 3 nitrogen and oxygen atoms in total. The van der Waals surface area contributed by atoms with Crippen LogP contribution in [0.25, 0.3) is 0 Å². The number of hydrogen-bond donors (Lipinski definition) is 0. The van der Waals surface area contributed by atoms with Crippen molar-refractivity contribution in [3.05, 3.63) is 0 Å². The molecule has 0 unspecified atom stereocenters. The van der Waals surface area contributed by atoms with Crippen molar-refractivity contribution in [2.45, 2.75) is 38.2 Å². The summed E-state index contributed by atoms with van der Waals surface area (Å²) in [6, 6.07) is 0. The van der Waals surface area contributed by atoms with Gasteiger partial charge in [-0.25, -0.2) is 4.79 Å². The fourth-order valence-corrected chi connectivity index (χ4v) is 2.35. The molecule has 0 aromatic carbocycles. The summed E-state index contributed by atoms with van der Waals surface area (Å²) in [5, 5.41) is 0. The Morgan fingerprint density at radius 1 is 1.29 bits per heavy atom. The fourth-order valence-electron chi connectivity index (χ4n) is 2.35. The van der Waals surface area contributed by atoms with Crippen molar-refractivity contribution in [2.75, 3.05) is 13.7 Å². The number of esters is 1. The molecular formula is C11H18O3. The van der Waals surface area contributed by atoms with Gasteiger partial charge in [0, 0.05) is 7.11 Å². The van der Waals surface area contributed by atoms with Crippen molar-refractivity contribution < 1.29 is 14.3 Å². The Labute approximate surface area is 84.8 Å². The van der Waals surface area contributed by atoms with Crippen molar-refractivity contribution >= 4 is 5.97 Å².